The van der Waals surface area contributed by atoms with Gasteiger partial charge in [-0.25, -0.2) is 0 Å². The number of carboxylic acids is 1. The minimum absolute atomic E-state index is 0.00499. The summed E-state index contributed by atoms with van der Waals surface area (Å²) in [7, 11) is 0. The van der Waals surface area contributed by atoms with Crippen molar-refractivity contribution in [3.05, 3.63) is 23.7 Å². The Labute approximate surface area is 111 Å². The summed E-state index contributed by atoms with van der Waals surface area (Å²) in [6.07, 6.45) is 2.42. The van der Waals surface area contributed by atoms with Gasteiger partial charge in [0.1, 0.15) is 5.76 Å². The highest BCUT2D eigenvalue weighted by molar-refractivity contribution is 5.91. The fraction of sp³-hybridized carbons (Fsp3) is 0.538. The molecule has 4 N–H and O–H groups in total. The standard InChI is InChI=1S/C13H18N2O4/c14-6-9-4-5-11(19-9)12(16)15-7-8-2-1-3-10(8)13(17)18/h4-5,8,10H,1-3,6-7,14H2,(H,15,16)(H,17,18). The van der Waals surface area contributed by atoms with Crippen LogP contribution >= 0.6 is 0 Å². The number of aliphatic carboxylic acids is 1. The van der Waals surface area contributed by atoms with Gasteiger partial charge in [0, 0.05) is 6.54 Å². The van der Waals surface area contributed by atoms with Crippen molar-refractivity contribution in [1.29, 1.82) is 0 Å². The van der Waals surface area contributed by atoms with Crippen LogP contribution in [-0.2, 0) is 11.3 Å². The van der Waals surface area contributed by atoms with E-state index >= 15 is 0 Å². The van der Waals surface area contributed by atoms with E-state index in [2.05, 4.69) is 5.32 Å². The molecule has 0 saturated heterocycles. The maximum Gasteiger partial charge on any atom is 0.306 e. The Morgan fingerprint density at radius 1 is 1.42 bits per heavy atom. The van der Waals surface area contributed by atoms with E-state index < -0.39 is 5.97 Å². The number of carbonyl (C=O) groups excluding carboxylic acids is 1. The van der Waals surface area contributed by atoms with Crippen LogP contribution < -0.4 is 11.1 Å². The lowest BCUT2D eigenvalue weighted by molar-refractivity contribution is -0.142. The molecule has 2 atom stereocenters. The first-order valence-corrected chi connectivity index (χ1v) is 6.41. The highest BCUT2D eigenvalue weighted by atomic mass is 16.4. The zero-order valence-electron chi connectivity index (χ0n) is 10.6. The number of amides is 1. The van der Waals surface area contributed by atoms with Crippen molar-refractivity contribution in [2.75, 3.05) is 6.54 Å². The van der Waals surface area contributed by atoms with Crippen LogP contribution in [-0.4, -0.2) is 23.5 Å². The summed E-state index contributed by atoms with van der Waals surface area (Å²) in [5.41, 5.74) is 5.40. The molecular weight excluding hydrogens is 248 g/mol. The Balaban J connectivity index is 1.88. The molecule has 0 bridgehead atoms. The summed E-state index contributed by atoms with van der Waals surface area (Å²) in [5.74, 6) is -0.683. The van der Waals surface area contributed by atoms with Crippen LogP contribution in [0.15, 0.2) is 16.5 Å². The topological polar surface area (TPSA) is 106 Å². The Hall–Kier alpha value is -1.82. The Morgan fingerprint density at radius 2 is 2.21 bits per heavy atom. The molecule has 1 aromatic rings. The van der Waals surface area contributed by atoms with E-state index in [1.165, 1.54) is 0 Å². The number of hydrogen-bond donors (Lipinski definition) is 3. The Bertz CT molecular complexity index is 469. The van der Waals surface area contributed by atoms with Crippen molar-refractivity contribution < 1.29 is 19.1 Å². The molecule has 0 aromatic carbocycles. The van der Waals surface area contributed by atoms with Gasteiger partial charge in [0.2, 0.25) is 0 Å². The summed E-state index contributed by atoms with van der Waals surface area (Å²) < 4.78 is 5.23. The van der Waals surface area contributed by atoms with E-state index in [4.69, 9.17) is 15.3 Å². The van der Waals surface area contributed by atoms with Gasteiger partial charge in [-0.2, -0.15) is 0 Å². The van der Waals surface area contributed by atoms with Gasteiger partial charge in [0.15, 0.2) is 5.76 Å². The molecule has 6 heteroatoms. The third-order valence-electron chi connectivity index (χ3n) is 3.59. The first-order chi connectivity index (χ1) is 9.11. The highest BCUT2D eigenvalue weighted by Crippen LogP contribution is 2.31. The molecule has 1 aromatic heterocycles. The normalized spacial score (nSPS) is 22.4. The lowest BCUT2D eigenvalue weighted by Gasteiger charge is -2.15. The zero-order chi connectivity index (χ0) is 13.8. The molecule has 0 radical (unpaired) electrons. The van der Waals surface area contributed by atoms with E-state index in [0.29, 0.717) is 18.7 Å². The van der Waals surface area contributed by atoms with Crippen molar-refractivity contribution in [2.45, 2.75) is 25.8 Å². The van der Waals surface area contributed by atoms with Crippen molar-refractivity contribution in [3.63, 3.8) is 0 Å². The van der Waals surface area contributed by atoms with Crippen molar-refractivity contribution in [1.82, 2.24) is 5.32 Å². The monoisotopic (exact) mass is 266 g/mol. The van der Waals surface area contributed by atoms with Gasteiger partial charge < -0.3 is 20.6 Å². The van der Waals surface area contributed by atoms with Gasteiger partial charge in [-0.05, 0) is 30.9 Å². The number of nitrogens with one attached hydrogen (secondary N) is 1. The molecule has 2 unspecified atom stereocenters. The second-order valence-corrected chi connectivity index (χ2v) is 4.82. The molecule has 1 heterocycles. The van der Waals surface area contributed by atoms with E-state index in [1.807, 2.05) is 0 Å². The lowest BCUT2D eigenvalue weighted by atomic mass is 9.96. The number of carbonyl (C=O) groups is 2. The van der Waals surface area contributed by atoms with E-state index in [9.17, 15) is 9.59 Å². The SMILES string of the molecule is NCc1ccc(C(=O)NCC2CCCC2C(=O)O)o1. The third-order valence-corrected chi connectivity index (χ3v) is 3.59. The fourth-order valence-electron chi connectivity index (χ4n) is 2.53. The second-order valence-electron chi connectivity index (χ2n) is 4.82. The van der Waals surface area contributed by atoms with Gasteiger partial charge >= 0.3 is 5.97 Å². The first kappa shape index (κ1) is 13.6. The number of rotatable bonds is 5. The summed E-state index contributed by atoms with van der Waals surface area (Å²) in [4.78, 5) is 22.8. The number of hydrogen-bond acceptors (Lipinski definition) is 4. The van der Waals surface area contributed by atoms with E-state index in [1.54, 1.807) is 12.1 Å². The quantitative estimate of drug-likeness (QED) is 0.736. The first-order valence-electron chi connectivity index (χ1n) is 6.41. The van der Waals surface area contributed by atoms with Crippen molar-refractivity contribution in [2.24, 2.45) is 17.6 Å². The van der Waals surface area contributed by atoms with Crippen LogP contribution in [0, 0.1) is 11.8 Å². The fourth-order valence-corrected chi connectivity index (χ4v) is 2.53. The molecule has 1 amide bonds. The smallest absolute Gasteiger partial charge is 0.306 e. The lowest BCUT2D eigenvalue weighted by Crippen LogP contribution is -2.32. The summed E-state index contributed by atoms with van der Waals surface area (Å²) >= 11 is 0. The number of nitrogens with two attached hydrogens (primary N) is 1. The molecule has 19 heavy (non-hydrogen) atoms. The molecule has 1 saturated carbocycles. The Morgan fingerprint density at radius 3 is 2.84 bits per heavy atom. The average Bonchev–Trinajstić information content (AvgIpc) is 3.04. The zero-order valence-corrected chi connectivity index (χ0v) is 10.6. The van der Waals surface area contributed by atoms with Crippen LogP contribution in [0.4, 0.5) is 0 Å². The molecule has 1 fully saturated rings. The molecule has 104 valence electrons. The molecule has 1 aliphatic rings. The highest BCUT2D eigenvalue weighted by Gasteiger charge is 2.33. The largest absolute Gasteiger partial charge is 0.481 e. The predicted molar refractivity (Wildman–Crippen MR) is 67.4 cm³/mol. The summed E-state index contributed by atoms with van der Waals surface area (Å²) in [6, 6.07) is 3.23. The van der Waals surface area contributed by atoms with Gasteiger partial charge in [0.25, 0.3) is 5.91 Å². The number of carboxylic acid groups (broad SMARTS) is 1. The molecule has 2 rings (SSSR count). The minimum atomic E-state index is -0.778. The van der Waals surface area contributed by atoms with E-state index in [-0.39, 0.29) is 30.0 Å². The third kappa shape index (κ3) is 3.14. The van der Waals surface area contributed by atoms with Gasteiger partial charge in [0.05, 0.1) is 12.5 Å². The van der Waals surface area contributed by atoms with Crippen LogP contribution in [0.3, 0.4) is 0 Å². The molecule has 1 aliphatic carbocycles. The van der Waals surface area contributed by atoms with Crippen LogP contribution in [0.5, 0.6) is 0 Å². The average molecular weight is 266 g/mol. The maximum atomic E-state index is 11.8. The van der Waals surface area contributed by atoms with Gasteiger partial charge in [-0.1, -0.05) is 6.42 Å². The van der Waals surface area contributed by atoms with Crippen LogP contribution in [0.25, 0.3) is 0 Å². The predicted octanol–water partition coefficient (Wildman–Crippen LogP) is 0.969. The van der Waals surface area contributed by atoms with Gasteiger partial charge in [-0.15, -0.1) is 0 Å². The van der Waals surface area contributed by atoms with Crippen LogP contribution in [0.2, 0.25) is 0 Å². The molecule has 6 nitrogen and oxygen atoms in total. The minimum Gasteiger partial charge on any atom is -0.481 e. The molecule has 0 aliphatic heterocycles. The van der Waals surface area contributed by atoms with E-state index in [0.717, 1.165) is 12.8 Å². The maximum absolute atomic E-state index is 11.8. The summed E-state index contributed by atoms with van der Waals surface area (Å²) in [5, 5.41) is 11.8. The Kier molecular flexibility index (Phi) is 4.21. The molecule has 0 spiro atoms. The molecular formula is C13H18N2O4. The summed E-state index contributed by atoms with van der Waals surface area (Å²) in [6.45, 7) is 0.617. The second kappa shape index (κ2) is 5.88. The number of furan rings is 1. The van der Waals surface area contributed by atoms with Crippen molar-refractivity contribution in [3.8, 4) is 0 Å². The van der Waals surface area contributed by atoms with Gasteiger partial charge in [-0.3, -0.25) is 9.59 Å². The van der Waals surface area contributed by atoms with Crippen molar-refractivity contribution >= 4 is 11.9 Å². The van der Waals surface area contributed by atoms with Crippen LogP contribution in [0.1, 0.15) is 35.6 Å².